The number of nitrogens with one attached hydrogen (secondary N) is 1. The highest BCUT2D eigenvalue weighted by atomic mass is 16.5. The second-order valence-corrected chi connectivity index (χ2v) is 3.92. The lowest BCUT2D eigenvalue weighted by molar-refractivity contribution is -0.140. The van der Waals surface area contributed by atoms with Crippen LogP contribution < -0.4 is 5.32 Å². The molecule has 0 saturated heterocycles. The largest absolute Gasteiger partial charge is 0.481 e. The molecule has 0 aliphatic heterocycles. The molecule has 3 N–H and O–H groups in total. The Hall–Kier alpha value is -1.34. The average molecular weight is 248 g/mol. The van der Waals surface area contributed by atoms with Crippen molar-refractivity contribution in [3.63, 3.8) is 0 Å². The molecule has 0 aliphatic carbocycles. The van der Waals surface area contributed by atoms with Crippen LogP contribution in [0.15, 0.2) is 0 Å². The minimum atomic E-state index is -0.965. The highest BCUT2D eigenvalue weighted by Gasteiger charge is 2.16. The Kier molecular flexibility index (Phi) is 7.24. The Bertz CT molecular complexity index is 259. The van der Waals surface area contributed by atoms with Gasteiger partial charge in [-0.2, -0.15) is 0 Å². The van der Waals surface area contributed by atoms with E-state index in [4.69, 9.17) is 9.84 Å². The van der Waals surface area contributed by atoms with Crippen LogP contribution in [0.3, 0.4) is 0 Å². The van der Waals surface area contributed by atoms with Crippen LogP contribution in [-0.2, 0) is 9.53 Å². The van der Waals surface area contributed by atoms with Crippen molar-refractivity contribution in [2.75, 3.05) is 33.9 Å². The third kappa shape index (κ3) is 6.75. The smallest absolute Gasteiger partial charge is 0.317 e. The molecule has 2 atom stereocenters. The number of carboxylic acids is 1. The normalized spacial score (nSPS) is 13.9. The summed E-state index contributed by atoms with van der Waals surface area (Å²) >= 11 is 0. The van der Waals surface area contributed by atoms with Gasteiger partial charge in [0.2, 0.25) is 0 Å². The van der Waals surface area contributed by atoms with Gasteiger partial charge in [0, 0.05) is 20.7 Å². The molecule has 7 nitrogen and oxygen atoms in total. The van der Waals surface area contributed by atoms with Gasteiger partial charge in [-0.05, 0) is 0 Å². The first-order valence-electron chi connectivity index (χ1n) is 5.27. The third-order valence-corrected chi connectivity index (χ3v) is 2.17. The summed E-state index contributed by atoms with van der Waals surface area (Å²) in [7, 11) is 2.97. The number of aliphatic hydroxyl groups is 1. The van der Waals surface area contributed by atoms with Crippen molar-refractivity contribution in [1.29, 1.82) is 0 Å². The number of hydrogen-bond donors (Lipinski definition) is 3. The third-order valence-electron chi connectivity index (χ3n) is 2.17. The molecule has 17 heavy (non-hydrogen) atoms. The molecule has 0 aliphatic rings. The van der Waals surface area contributed by atoms with Gasteiger partial charge in [0.05, 0.1) is 25.2 Å². The van der Waals surface area contributed by atoms with Crippen LogP contribution in [0.4, 0.5) is 4.79 Å². The Morgan fingerprint density at radius 2 is 2.06 bits per heavy atom. The summed E-state index contributed by atoms with van der Waals surface area (Å²) in [4.78, 5) is 23.3. The summed E-state index contributed by atoms with van der Waals surface area (Å²) in [5, 5.41) is 20.5. The van der Waals surface area contributed by atoms with Crippen LogP contribution in [0.25, 0.3) is 0 Å². The van der Waals surface area contributed by atoms with Crippen LogP contribution in [0.5, 0.6) is 0 Å². The molecule has 0 bridgehead atoms. The van der Waals surface area contributed by atoms with Crippen LogP contribution in [0.1, 0.15) is 6.92 Å². The molecule has 100 valence electrons. The quantitative estimate of drug-likeness (QED) is 0.556. The van der Waals surface area contributed by atoms with Crippen molar-refractivity contribution in [3.05, 3.63) is 0 Å². The zero-order valence-corrected chi connectivity index (χ0v) is 10.3. The number of likely N-dealkylation sites (N-methyl/N-ethyl adjacent to an activating group) is 1. The maximum absolute atomic E-state index is 11.5. The second-order valence-electron chi connectivity index (χ2n) is 3.92. The first-order chi connectivity index (χ1) is 7.88. The predicted octanol–water partition coefficient (Wildman–Crippen LogP) is -0.644. The van der Waals surface area contributed by atoms with E-state index in [0.717, 1.165) is 0 Å². The Labute approximate surface area is 100 Å². The molecule has 0 fully saturated rings. The van der Waals surface area contributed by atoms with Gasteiger partial charge in [0.1, 0.15) is 0 Å². The molecule has 0 spiro atoms. The minimum absolute atomic E-state index is 0.0544. The molecule has 0 aromatic rings. The van der Waals surface area contributed by atoms with Gasteiger partial charge in [-0.25, -0.2) is 4.79 Å². The number of carbonyl (C=O) groups is 2. The highest BCUT2D eigenvalue weighted by Crippen LogP contribution is 1.94. The Balaban J connectivity index is 3.93. The van der Waals surface area contributed by atoms with Gasteiger partial charge in [-0.3, -0.25) is 4.79 Å². The maximum atomic E-state index is 11.5. The SMILES string of the molecule is COCC(O)CN(C)C(=O)NCC(C)C(=O)O. The fourth-order valence-electron chi connectivity index (χ4n) is 1.11. The summed E-state index contributed by atoms with van der Waals surface area (Å²) < 4.78 is 4.73. The van der Waals surface area contributed by atoms with Gasteiger partial charge >= 0.3 is 12.0 Å². The van der Waals surface area contributed by atoms with Crippen LogP contribution in [0.2, 0.25) is 0 Å². The summed E-state index contributed by atoms with van der Waals surface area (Å²) in [5.41, 5.74) is 0. The van der Waals surface area contributed by atoms with Gasteiger partial charge in [0.15, 0.2) is 0 Å². The first-order valence-corrected chi connectivity index (χ1v) is 5.27. The average Bonchev–Trinajstić information content (AvgIpc) is 2.25. The Morgan fingerprint density at radius 3 is 2.53 bits per heavy atom. The van der Waals surface area contributed by atoms with E-state index in [1.165, 1.54) is 26.0 Å². The summed E-state index contributed by atoms with van der Waals surface area (Å²) in [5.74, 6) is -1.61. The number of amides is 2. The van der Waals surface area contributed by atoms with Crippen LogP contribution >= 0.6 is 0 Å². The van der Waals surface area contributed by atoms with Crippen LogP contribution in [-0.4, -0.2) is 67.1 Å². The topological polar surface area (TPSA) is 99.1 Å². The summed E-state index contributed by atoms with van der Waals surface area (Å²) in [6, 6.07) is -0.423. The van der Waals surface area contributed by atoms with Gasteiger partial charge < -0.3 is 25.2 Å². The van der Waals surface area contributed by atoms with E-state index in [9.17, 15) is 14.7 Å². The van der Waals surface area contributed by atoms with Crippen molar-refractivity contribution in [1.82, 2.24) is 10.2 Å². The molecular weight excluding hydrogens is 228 g/mol. The zero-order valence-electron chi connectivity index (χ0n) is 10.3. The second kappa shape index (κ2) is 7.86. The molecule has 0 radical (unpaired) electrons. The molecule has 0 aromatic heterocycles. The van der Waals surface area contributed by atoms with Crippen molar-refractivity contribution < 1.29 is 24.5 Å². The lowest BCUT2D eigenvalue weighted by Crippen LogP contribution is -2.44. The monoisotopic (exact) mass is 248 g/mol. The highest BCUT2D eigenvalue weighted by molar-refractivity contribution is 5.75. The van der Waals surface area contributed by atoms with E-state index in [-0.39, 0.29) is 19.7 Å². The van der Waals surface area contributed by atoms with E-state index >= 15 is 0 Å². The maximum Gasteiger partial charge on any atom is 0.317 e. The fraction of sp³-hybridized carbons (Fsp3) is 0.800. The molecule has 0 heterocycles. The minimum Gasteiger partial charge on any atom is -0.481 e. The standard InChI is InChI=1S/C10H20N2O5/c1-7(9(14)15)4-11-10(16)12(2)5-8(13)6-17-3/h7-8,13H,4-6H2,1-3H3,(H,11,16)(H,14,15). The van der Waals surface area contributed by atoms with Crippen molar-refractivity contribution in [2.45, 2.75) is 13.0 Å². The molecule has 2 amide bonds. The number of hydrogen-bond acceptors (Lipinski definition) is 4. The van der Waals surface area contributed by atoms with Crippen molar-refractivity contribution in [3.8, 4) is 0 Å². The van der Waals surface area contributed by atoms with E-state index in [2.05, 4.69) is 5.32 Å². The molecule has 2 unspecified atom stereocenters. The summed E-state index contributed by atoms with van der Waals surface area (Å²) in [6.07, 6.45) is -0.757. The molecule has 0 saturated carbocycles. The zero-order chi connectivity index (χ0) is 13.4. The van der Waals surface area contributed by atoms with Crippen LogP contribution in [0, 0.1) is 5.92 Å². The van der Waals surface area contributed by atoms with Crippen molar-refractivity contribution in [2.24, 2.45) is 5.92 Å². The molecule has 0 rings (SSSR count). The molecular formula is C10H20N2O5. The number of nitrogens with zero attached hydrogens (tertiary/aromatic N) is 1. The van der Waals surface area contributed by atoms with Gasteiger partial charge in [-0.15, -0.1) is 0 Å². The van der Waals surface area contributed by atoms with E-state index < -0.39 is 24.0 Å². The summed E-state index contributed by atoms with van der Waals surface area (Å²) in [6.45, 7) is 1.82. The Morgan fingerprint density at radius 1 is 1.47 bits per heavy atom. The molecule has 7 heteroatoms. The number of rotatable bonds is 7. The van der Waals surface area contributed by atoms with E-state index in [1.807, 2.05) is 0 Å². The fourth-order valence-corrected chi connectivity index (χ4v) is 1.11. The lowest BCUT2D eigenvalue weighted by Gasteiger charge is -2.21. The van der Waals surface area contributed by atoms with Crippen molar-refractivity contribution >= 4 is 12.0 Å². The lowest BCUT2D eigenvalue weighted by atomic mass is 10.2. The number of aliphatic hydroxyl groups excluding tert-OH is 1. The first kappa shape index (κ1) is 15.7. The number of carbonyl (C=O) groups excluding carboxylic acids is 1. The van der Waals surface area contributed by atoms with E-state index in [1.54, 1.807) is 0 Å². The number of urea groups is 1. The van der Waals surface area contributed by atoms with Gasteiger partial charge in [-0.1, -0.05) is 6.92 Å². The number of aliphatic carboxylic acids is 1. The number of ether oxygens (including phenoxy) is 1. The van der Waals surface area contributed by atoms with Gasteiger partial charge in [0.25, 0.3) is 0 Å². The predicted molar refractivity (Wildman–Crippen MR) is 60.7 cm³/mol. The van der Waals surface area contributed by atoms with E-state index in [0.29, 0.717) is 0 Å². The number of carboxylic acid groups (broad SMARTS) is 1. The number of methoxy groups -OCH3 is 1. The molecule has 0 aromatic carbocycles.